The second-order valence-electron chi connectivity index (χ2n) is 8.05. The number of hydrogen-bond donors (Lipinski definition) is 2. The minimum Gasteiger partial charge on any atom is -0.511 e. The van der Waals surface area contributed by atoms with Crippen molar-refractivity contribution < 1.29 is 24.1 Å². The maximum absolute atomic E-state index is 14.6. The maximum atomic E-state index is 14.6. The first kappa shape index (κ1) is 20.8. The zero-order chi connectivity index (χ0) is 19.2. The lowest BCUT2D eigenvalue weighted by Gasteiger charge is -2.36. The summed E-state index contributed by atoms with van der Waals surface area (Å²) in [6.07, 6.45) is 9.81. The minimum absolute atomic E-state index is 0.0414. The Kier molecular flexibility index (Phi) is 7.13. The Morgan fingerprint density at radius 3 is 2.50 bits per heavy atom. The van der Waals surface area contributed by atoms with E-state index in [1.165, 1.54) is 13.0 Å². The fraction of sp³-hybridized carbons (Fsp3) is 0.762. The normalized spacial score (nSPS) is 22.7. The Morgan fingerprint density at radius 1 is 1.35 bits per heavy atom. The van der Waals surface area contributed by atoms with Gasteiger partial charge in [0.1, 0.15) is 23.4 Å². The van der Waals surface area contributed by atoms with Crippen LogP contribution in [0.25, 0.3) is 0 Å². The van der Waals surface area contributed by atoms with Crippen molar-refractivity contribution in [2.75, 3.05) is 6.61 Å². The van der Waals surface area contributed by atoms with Crippen LogP contribution in [0.5, 0.6) is 0 Å². The van der Waals surface area contributed by atoms with E-state index < -0.39 is 17.1 Å². The molecule has 1 fully saturated rings. The molecule has 0 aromatic rings. The molecule has 0 bridgehead atoms. The van der Waals surface area contributed by atoms with Crippen molar-refractivity contribution in [1.82, 2.24) is 0 Å². The maximum Gasteiger partial charge on any atom is 0.317 e. The van der Waals surface area contributed by atoms with Crippen molar-refractivity contribution in [1.29, 1.82) is 0 Å². The molecule has 26 heavy (non-hydrogen) atoms. The summed E-state index contributed by atoms with van der Waals surface area (Å²) in [5.41, 5.74) is -2.76. The first-order chi connectivity index (χ1) is 12.3. The Labute approximate surface area is 156 Å². The van der Waals surface area contributed by atoms with Gasteiger partial charge in [0, 0.05) is 12.8 Å². The molecule has 2 N–H and O–H groups in total. The van der Waals surface area contributed by atoms with Gasteiger partial charge in [-0.05, 0) is 50.7 Å². The number of alkyl halides is 1. The smallest absolute Gasteiger partial charge is 0.317 e. The van der Waals surface area contributed by atoms with E-state index in [0.717, 1.165) is 44.3 Å². The van der Waals surface area contributed by atoms with E-state index in [1.54, 1.807) is 0 Å². The highest BCUT2D eigenvalue weighted by Crippen LogP contribution is 2.48. The van der Waals surface area contributed by atoms with Crippen LogP contribution in [0.15, 0.2) is 23.7 Å². The summed E-state index contributed by atoms with van der Waals surface area (Å²) in [5, 5.41) is 20.9. The molecular formula is C21H33FO4. The van der Waals surface area contributed by atoms with Gasteiger partial charge in [-0.3, -0.25) is 4.79 Å². The van der Waals surface area contributed by atoms with Gasteiger partial charge in [-0.1, -0.05) is 32.6 Å². The Bertz CT molecular complexity index is 546. The van der Waals surface area contributed by atoms with Crippen LogP contribution in [0.2, 0.25) is 0 Å². The number of hydrogen-bond acceptors (Lipinski definition) is 3. The number of allylic oxidation sites excluding steroid dienone is 2. The molecule has 1 aliphatic heterocycles. The standard InChI is InChI=1S/C21H33FO4/c1-3-4-12-20(2,22)13-10-18(23)21(19(24)25,16-7-5-6-8-16)14-9-17-11-15-26-17/h10-11,16,23H,3-9,12-15H2,1-2H3,(H,24,25)/b18-10+/t20?,21-/m1/s1. The summed E-state index contributed by atoms with van der Waals surface area (Å²) in [4.78, 5) is 12.3. The zero-order valence-electron chi connectivity index (χ0n) is 16.1. The fourth-order valence-electron chi connectivity index (χ4n) is 4.19. The molecule has 0 aromatic carbocycles. The molecule has 0 spiro atoms. The van der Waals surface area contributed by atoms with Crippen LogP contribution in [0.4, 0.5) is 4.39 Å². The second kappa shape index (κ2) is 8.92. The van der Waals surface area contributed by atoms with Gasteiger partial charge < -0.3 is 14.9 Å². The van der Waals surface area contributed by atoms with Crippen molar-refractivity contribution in [2.45, 2.75) is 83.7 Å². The Morgan fingerprint density at radius 2 is 2.00 bits per heavy atom. The average molecular weight is 368 g/mol. The number of unbranched alkanes of at least 4 members (excludes halogenated alkanes) is 1. The van der Waals surface area contributed by atoms with E-state index in [2.05, 4.69) is 0 Å². The molecule has 0 aromatic heterocycles. The fourth-order valence-corrected chi connectivity index (χ4v) is 4.19. The quantitative estimate of drug-likeness (QED) is 0.460. The summed E-state index contributed by atoms with van der Waals surface area (Å²) in [6, 6.07) is 0. The van der Waals surface area contributed by atoms with Gasteiger partial charge in [-0.25, -0.2) is 4.39 Å². The molecule has 2 rings (SSSR count). The summed E-state index contributed by atoms with van der Waals surface area (Å²) >= 11 is 0. The van der Waals surface area contributed by atoms with Crippen LogP contribution in [-0.4, -0.2) is 28.5 Å². The molecular weight excluding hydrogens is 335 g/mol. The number of carboxylic acids is 1. The number of carbonyl (C=O) groups is 1. The van der Waals surface area contributed by atoms with E-state index in [9.17, 15) is 19.4 Å². The third-order valence-corrected chi connectivity index (χ3v) is 6.01. The van der Waals surface area contributed by atoms with Crippen molar-refractivity contribution in [3.63, 3.8) is 0 Å². The lowest BCUT2D eigenvalue weighted by atomic mass is 9.69. The lowest BCUT2D eigenvalue weighted by molar-refractivity contribution is -0.152. The van der Waals surface area contributed by atoms with Crippen LogP contribution in [0.3, 0.4) is 0 Å². The summed E-state index contributed by atoms with van der Waals surface area (Å²) in [7, 11) is 0. The van der Waals surface area contributed by atoms with Gasteiger partial charge in [0.15, 0.2) is 0 Å². The number of halogens is 1. The molecule has 148 valence electrons. The second-order valence-corrected chi connectivity index (χ2v) is 8.05. The Hall–Kier alpha value is -1.52. The summed E-state index contributed by atoms with van der Waals surface area (Å²) < 4.78 is 20.0. The predicted molar refractivity (Wildman–Crippen MR) is 99.7 cm³/mol. The van der Waals surface area contributed by atoms with Crippen LogP contribution in [0, 0.1) is 11.3 Å². The van der Waals surface area contributed by atoms with E-state index in [-0.39, 0.29) is 18.1 Å². The van der Waals surface area contributed by atoms with Crippen molar-refractivity contribution in [2.24, 2.45) is 11.3 Å². The number of aliphatic hydroxyl groups is 1. The number of ether oxygens (including phenoxy) is 1. The van der Waals surface area contributed by atoms with Crippen molar-refractivity contribution in [3.8, 4) is 0 Å². The summed E-state index contributed by atoms with van der Waals surface area (Å²) in [6.45, 7) is 4.10. The van der Waals surface area contributed by atoms with E-state index in [4.69, 9.17) is 4.74 Å². The number of aliphatic hydroxyl groups excluding tert-OH is 1. The number of carboxylic acid groups (broad SMARTS) is 1. The van der Waals surface area contributed by atoms with E-state index in [0.29, 0.717) is 25.9 Å². The highest BCUT2D eigenvalue weighted by molar-refractivity contribution is 5.78. The monoisotopic (exact) mass is 368 g/mol. The molecule has 1 heterocycles. The number of rotatable bonds is 11. The molecule has 2 aliphatic rings. The molecule has 1 saturated carbocycles. The molecule has 2 atom stereocenters. The van der Waals surface area contributed by atoms with Crippen LogP contribution in [-0.2, 0) is 9.53 Å². The van der Waals surface area contributed by atoms with Crippen LogP contribution < -0.4 is 0 Å². The van der Waals surface area contributed by atoms with Gasteiger partial charge in [0.2, 0.25) is 0 Å². The van der Waals surface area contributed by atoms with Gasteiger partial charge in [0.05, 0.1) is 5.76 Å². The first-order valence-corrected chi connectivity index (χ1v) is 9.95. The average Bonchev–Trinajstić information content (AvgIpc) is 3.07. The van der Waals surface area contributed by atoms with Crippen LogP contribution in [0.1, 0.15) is 78.1 Å². The van der Waals surface area contributed by atoms with Gasteiger partial charge in [-0.2, -0.15) is 0 Å². The largest absolute Gasteiger partial charge is 0.511 e. The first-order valence-electron chi connectivity index (χ1n) is 9.95. The summed E-state index contributed by atoms with van der Waals surface area (Å²) in [5.74, 6) is -0.498. The van der Waals surface area contributed by atoms with Crippen LogP contribution >= 0.6 is 0 Å². The highest BCUT2D eigenvalue weighted by Gasteiger charge is 2.50. The predicted octanol–water partition coefficient (Wildman–Crippen LogP) is 5.69. The number of aliphatic carboxylic acids is 1. The zero-order valence-corrected chi connectivity index (χ0v) is 16.1. The lowest BCUT2D eigenvalue weighted by Crippen LogP contribution is -2.40. The molecule has 0 saturated heterocycles. The van der Waals surface area contributed by atoms with Gasteiger partial charge >= 0.3 is 5.97 Å². The van der Waals surface area contributed by atoms with Gasteiger partial charge in [-0.15, -0.1) is 0 Å². The third-order valence-electron chi connectivity index (χ3n) is 6.01. The Balaban J connectivity index is 2.21. The minimum atomic E-state index is -1.43. The van der Waals surface area contributed by atoms with E-state index >= 15 is 0 Å². The highest BCUT2D eigenvalue weighted by atomic mass is 19.1. The molecule has 1 unspecified atom stereocenters. The van der Waals surface area contributed by atoms with Gasteiger partial charge in [0.25, 0.3) is 0 Å². The topological polar surface area (TPSA) is 66.8 Å². The van der Waals surface area contributed by atoms with Crippen molar-refractivity contribution in [3.05, 3.63) is 23.7 Å². The molecule has 5 heteroatoms. The molecule has 0 radical (unpaired) electrons. The third kappa shape index (κ3) is 4.80. The van der Waals surface area contributed by atoms with E-state index in [1.807, 2.05) is 13.0 Å². The molecule has 1 aliphatic carbocycles. The SMILES string of the molecule is CCCCC(C)(F)C/C=C(/O)[C@](CCC1=CCO1)(C(=O)O)C1CCCC1. The van der Waals surface area contributed by atoms with Crippen molar-refractivity contribution >= 4 is 5.97 Å². The molecule has 0 amide bonds. The molecule has 4 nitrogen and oxygen atoms in total.